The fraction of sp³-hybridized carbons (Fsp3) is 0.125. The average molecular weight is 323 g/mol. The zero-order chi connectivity index (χ0) is 17.0. The molecule has 1 amide bonds. The van der Waals surface area contributed by atoms with Crippen molar-refractivity contribution in [3.63, 3.8) is 0 Å². The predicted molar refractivity (Wildman–Crippen MR) is 75.5 cm³/mol. The molecule has 2 N–H and O–H groups in total. The van der Waals surface area contributed by atoms with Gasteiger partial charge in [-0.25, -0.2) is 4.79 Å². The second-order valence-corrected chi connectivity index (χ2v) is 4.67. The fourth-order valence-electron chi connectivity index (χ4n) is 1.92. The van der Waals surface area contributed by atoms with Crippen LogP contribution in [0.1, 0.15) is 31.8 Å². The van der Waals surface area contributed by atoms with Gasteiger partial charge in [-0.1, -0.05) is 18.2 Å². The summed E-state index contributed by atoms with van der Waals surface area (Å²) in [6.07, 6.45) is -4.52. The van der Waals surface area contributed by atoms with Crippen molar-refractivity contribution in [2.45, 2.75) is 12.8 Å². The van der Waals surface area contributed by atoms with Gasteiger partial charge in [0.2, 0.25) is 5.91 Å². The molecule has 0 bridgehead atoms. The second-order valence-electron chi connectivity index (χ2n) is 4.67. The minimum atomic E-state index is -4.52. The van der Waals surface area contributed by atoms with Crippen LogP contribution < -0.4 is 5.73 Å². The molecule has 0 radical (unpaired) electrons. The summed E-state index contributed by atoms with van der Waals surface area (Å²) in [5.74, 6) is -1.44. The number of carbonyl (C=O) groups is 2. The lowest BCUT2D eigenvalue weighted by Gasteiger charge is -2.12. The van der Waals surface area contributed by atoms with Crippen molar-refractivity contribution in [1.82, 2.24) is 0 Å². The molecule has 0 aliphatic heterocycles. The molecule has 0 atom stereocenters. The van der Waals surface area contributed by atoms with Crippen LogP contribution in [-0.2, 0) is 17.5 Å². The number of rotatable bonds is 4. The van der Waals surface area contributed by atoms with Gasteiger partial charge < -0.3 is 10.5 Å². The quantitative estimate of drug-likeness (QED) is 0.879. The van der Waals surface area contributed by atoms with E-state index in [1.807, 2.05) is 0 Å². The van der Waals surface area contributed by atoms with Crippen LogP contribution in [-0.4, -0.2) is 11.9 Å². The molecule has 0 saturated carbocycles. The number of benzene rings is 2. The Morgan fingerprint density at radius 2 is 1.52 bits per heavy atom. The van der Waals surface area contributed by atoms with Crippen molar-refractivity contribution in [3.05, 3.63) is 70.8 Å². The number of alkyl halides is 3. The van der Waals surface area contributed by atoms with Crippen molar-refractivity contribution in [1.29, 1.82) is 0 Å². The summed E-state index contributed by atoms with van der Waals surface area (Å²) in [6, 6.07) is 10.2. The summed E-state index contributed by atoms with van der Waals surface area (Å²) in [4.78, 5) is 22.8. The molecule has 0 fully saturated rings. The van der Waals surface area contributed by atoms with Crippen molar-refractivity contribution >= 4 is 11.9 Å². The molecule has 0 heterocycles. The van der Waals surface area contributed by atoms with Crippen LogP contribution in [0.2, 0.25) is 0 Å². The number of halogens is 3. The Morgan fingerprint density at radius 1 is 0.957 bits per heavy atom. The SMILES string of the molecule is NC(=O)c1ccc(C(=O)OCc2ccccc2C(F)(F)F)cc1. The molecule has 2 rings (SSSR count). The summed E-state index contributed by atoms with van der Waals surface area (Å²) in [6.45, 7) is -0.508. The van der Waals surface area contributed by atoms with Gasteiger partial charge in [0.1, 0.15) is 6.61 Å². The van der Waals surface area contributed by atoms with Crippen LogP contribution in [0.25, 0.3) is 0 Å². The number of amides is 1. The third-order valence-corrected chi connectivity index (χ3v) is 3.09. The van der Waals surface area contributed by atoms with Gasteiger partial charge in [0, 0.05) is 11.1 Å². The predicted octanol–water partition coefficient (Wildman–Crippen LogP) is 3.16. The maximum Gasteiger partial charge on any atom is 0.416 e. The normalized spacial score (nSPS) is 11.1. The summed E-state index contributed by atoms with van der Waals surface area (Å²) in [5, 5.41) is 0. The van der Waals surface area contributed by atoms with Crippen molar-refractivity contribution in [3.8, 4) is 0 Å². The van der Waals surface area contributed by atoms with E-state index in [1.54, 1.807) is 0 Å². The number of nitrogens with two attached hydrogens (primary N) is 1. The van der Waals surface area contributed by atoms with E-state index >= 15 is 0 Å². The number of hydrogen-bond acceptors (Lipinski definition) is 3. The first-order chi connectivity index (χ1) is 10.8. The molecular weight excluding hydrogens is 311 g/mol. The highest BCUT2D eigenvalue weighted by Gasteiger charge is 2.33. The zero-order valence-electron chi connectivity index (χ0n) is 11.8. The van der Waals surface area contributed by atoms with Gasteiger partial charge in [0.05, 0.1) is 11.1 Å². The van der Waals surface area contributed by atoms with Gasteiger partial charge >= 0.3 is 12.1 Å². The van der Waals surface area contributed by atoms with Gasteiger partial charge in [0.15, 0.2) is 0 Å². The second kappa shape index (κ2) is 6.51. The Hall–Kier alpha value is -2.83. The highest BCUT2D eigenvalue weighted by atomic mass is 19.4. The molecule has 4 nitrogen and oxygen atoms in total. The van der Waals surface area contributed by atoms with E-state index in [2.05, 4.69) is 0 Å². The Kier molecular flexibility index (Phi) is 4.68. The van der Waals surface area contributed by atoms with Gasteiger partial charge in [0.25, 0.3) is 0 Å². The molecule has 120 valence electrons. The van der Waals surface area contributed by atoms with Gasteiger partial charge in [-0.3, -0.25) is 4.79 Å². The largest absolute Gasteiger partial charge is 0.457 e. The fourth-order valence-corrected chi connectivity index (χ4v) is 1.92. The summed E-state index contributed by atoms with van der Waals surface area (Å²) < 4.78 is 43.4. The van der Waals surface area contributed by atoms with Crippen LogP contribution >= 0.6 is 0 Å². The molecule has 2 aromatic rings. The first-order valence-corrected chi connectivity index (χ1v) is 6.51. The first kappa shape index (κ1) is 16.5. The Balaban J connectivity index is 2.09. The highest BCUT2D eigenvalue weighted by molar-refractivity contribution is 5.95. The van der Waals surface area contributed by atoms with Crippen molar-refractivity contribution in [2.75, 3.05) is 0 Å². The number of ether oxygens (including phenoxy) is 1. The maximum atomic E-state index is 12.8. The zero-order valence-corrected chi connectivity index (χ0v) is 11.8. The van der Waals surface area contributed by atoms with Crippen LogP contribution in [0.3, 0.4) is 0 Å². The standard InChI is InChI=1S/C16H12F3NO3/c17-16(18,19)13-4-2-1-3-12(13)9-23-15(22)11-7-5-10(6-8-11)14(20)21/h1-8H,9H2,(H2,20,21). The molecule has 0 unspecified atom stereocenters. The third kappa shape index (κ3) is 4.09. The third-order valence-electron chi connectivity index (χ3n) is 3.09. The van der Waals surface area contributed by atoms with Crippen molar-refractivity contribution < 1.29 is 27.5 Å². The molecular formula is C16H12F3NO3. The molecule has 0 aliphatic carbocycles. The molecule has 23 heavy (non-hydrogen) atoms. The first-order valence-electron chi connectivity index (χ1n) is 6.51. The summed E-state index contributed by atoms with van der Waals surface area (Å²) in [7, 11) is 0. The van der Waals surface area contributed by atoms with E-state index in [-0.39, 0.29) is 16.7 Å². The van der Waals surface area contributed by atoms with Gasteiger partial charge in [-0.05, 0) is 30.3 Å². The molecule has 0 aliphatic rings. The lowest BCUT2D eigenvalue weighted by atomic mass is 10.1. The van der Waals surface area contributed by atoms with E-state index in [0.717, 1.165) is 6.07 Å². The minimum Gasteiger partial charge on any atom is -0.457 e. The maximum absolute atomic E-state index is 12.8. The van der Waals surface area contributed by atoms with E-state index in [1.165, 1.54) is 42.5 Å². The van der Waals surface area contributed by atoms with E-state index in [9.17, 15) is 22.8 Å². The molecule has 2 aromatic carbocycles. The number of esters is 1. The lowest BCUT2D eigenvalue weighted by Crippen LogP contribution is -2.13. The number of hydrogen-bond donors (Lipinski definition) is 1. The van der Waals surface area contributed by atoms with Gasteiger partial charge in [-0.2, -0.15) is 13.2 Å². The van der Waals surface area contributed by atoms with Crippen LogP contribution in [0.4, 0.5) is 13.2 Å². The van der Waals surface area contributed by atoms with E-state index in [0.29, 0.717) is 0 Å². The van der Waals surface area contributed by atoms with Crippen molar-refractivity contribution in [2.24, 2.45) is 5.73 Å². The van der Waals surface area contributed by atoms with Crippen LogP contribution in [0.5, 0.6) is 0 Å². The van der Waals surface area contributed by atoms with Gasteiger partial charge in [-0.15, -0.1) is 0 Å². The Labute approximate surface area is 129 Å². The highest BCUT2D eigenvalue weighted by Crippen LogP contribution is 2.32. The molecule has 0 spiro atoms. The molecule has 0 saturated heterocycles. The number of carbonyl (C=O) groups excluding carboxylic acids is 2. The lowest BCUT2D eigenvalue weighted by molar-refractivity contribution is -0.138. The topological polar surface area (TPSA) is 69.4 Å². The number of primary amides is 1. The van der Waals surface area contributed by atoms with Crippen LogP contribution in [0, 0.1) is 0 Å². The average Bonchev–Trinajstić information content (AvgIpc) is 2.52. The Morgan fingerprint density at radius 3 is 2.09 bits per heavy atom. The summed E-state index contributed by atoms with van der Waals surface area (Å²) >= 11 is 0. The van der Waals surface area contributed by atoms with E-state index < -0.39 is 30.2 Å². The summed E-state index contributed by atoms with van der Waals surface area (Å²) in [5.41, 5.74) is 4.41. The van der Waals surface area contributed by atoms with E-state index in [4.69, 9.17) is 10.5 Å². The monoisotopic (exact) mass is 323 g/mol. The smallest absolute Gasteiger partial charge is 0.416 e. The molecule has 7 heteroatoms. The van der Waals surface area contributed by atoms with Crippen LogP contribution in [0.15, 0.2) is 48.5 Å². The minimum absolute atomic E-state index is 0.111. The Bertz CT molecular complexity index is 724. The molecule has 0 aromatic heterocycles.